The number of methoxy groups -OCH3 is 1. The fourth-order valence-electron chi connectivity index (χ4n) is 2.52. The average molecular weight is 413 g/mol. The Morgan fingerprint density at radius 2 is 2.12 bits per heavy atom. The van der Waals surface area contributed by atoms with Gasteiger partial charge in [0, 0.05) is 5.70 Å². The predicted octanol–water partition coefficient (Wildman–Crippen LogP) is 3.13. The van der Waals surface area contributed by atoms with Gasteiger partial charge in [0.15, 0.2) is 11.5 Å². The Labute approximate surface area is 154 Å². The van der Waals surface area contributed by atoms with Gasteiger partial charge >= 0.3 is 12.0 Å². The standard InChI is InChI=1S/C17H21BrN2O5/c1-4-5-6-25-16(22)13-9(2)19-17(23)20-14(13)10-7-11(18)15(21)12(8-10)24-3/h7-8,14,21H,4-6H2,1-3H3,(H2,19,20,23). The third-order valence-electron chi connectivity index (χ3n) is 3.82. The van der Waals surface area contributed by atoms with Gasteiger partial charge in [-0.3, -0.25) is 0 Å². The van der Waals surface area contributed by atoms with Crippen LogP contribution < -0.4 is 15.4 Å². The zero-order valence-electron chi connectivity index (χ0n) is 14.3. The van der Waals surface area contributed by atoms with Crippen molar-refractivity contribution < 1.29 is 24.2 Å². The number of hydrogen-bond donors (Lipinski definition) is 3. The molecule has 1 aliphatic heterocycles. The third-order valence-corrected chi connectivity index (χ3v) is 4.43. The van der Waals surface area contributed by atoms with Crippen LogP contribution in [0.25, 0.3) is 0 Å². The molecule has 136 valence electrons. The average Bonchev–Trinajstić information content (AvgIpc) is 2.56. The van der Waals surface area contributed by atoms with Crippen LogP contribution in [0.4, 0.5) is 4.79 Å². The van der Waals surface area contributed by atoms with Crippen molar-refractivity contribution in [3.05, 3.63) is 33.4 Å². The smallest absolute Gasteiger partial charge is 0.338 e. The Hall–Kier alpha value is -2.22. The first-order valence-electron chi connectivity index (χ1n) is 7.90. The first-order chi connectivity index (χ1) is 11.9. The zero-order valence-corrected chi connectivity index (χ0v) is 15.9. The van der Waals surface area contributed by atoms with Crippen LogP contribution in [-0.2, 0) is 9.53 Å². The minimum Gasteiger partial charge on any atom is -0.503 e. The molecule has 7 nitrogen and oxygen atoms in total. The van der Waals surface area contributed by atoms with Crippen molar-refractivity contribution in [2.24, 2.45) is 0 Å². The van der Waals surface area contributed by atoms with Crippen LogP contribution in [0.5, 0.6) is 11.5 Å². The second kappa shape index (κ2) is 8.24. The largest absolute Gasteiger partial charge is 0.503 e. The maximum Gasteiger partial charge on any atom is 0.338 e. The molecule has 0 saturated heterocycles. The van der Waals surface area contributed by atoms with E-state index in [0.29, 0.717) is 27.9 Å². The van der Waals surface area contributed by atoms with E-state index < -0.39 is 18.0 Å². The number of aromatic hydroxyl groups is 1. The van der Waals surface area contributed by atoms with Crippen molar-refractivity contribution in [3.63, 3.8) is 0 Å². The summed E-state index contributed by atoms with van der Waals surface area (Å²) in [6.07, 6.45) is 1.67. The molecule has 25 heavy (non-hydrogen) atoms. The minimum absolute atomic E-state index is 0.0562. The number of esters is 1. The number of carbonyl (C=O) groups excluding carboxylic acids is 2. The molecule has 2 rings (SSSR count). The lowest BCUT2D eigenvalue weighted by molar-refractivity contribution is -0.139. The molecule has 0 fully saturated rings. The van der Waals surface area contributed by atoms with Crippen LogP contribution in [0.2, 0.25) is 0 Å². The van der Waals surface area contributed by atoms with Crippen LogP contribution >= 0.6 is 15.9 Å². The molecule has 1 aliphatic rings. The van der Waals surface area contributed by atoms with Gasteiger partial charge in [0.1, 0.15) is 0 Å². The zero-order chi connectivity index (χ0) is 18.6. The summed E-state index contributed by atoms with van der Waals surface area (Å²) in [6.45, 7) is 3.97. The number of phenolic OH excluding ortho intramolecular Hbond substituents is 1. The van der Waals surface area contributed by atoms with Crippen LogP contribution in [0.15, 0.2) is 27.9 Å². The number of nitrogens with one attached hydrogen (secondary N) is 2. The summed E-state index contributed by atoms with van der Waals surface area (Å²) < 4.78 is 10.8. The molecule has 0 bridgehead atoms. The van der Waals surface area contributed by atoms with Gasteiger partial charge in [-0.1, -0.05) is 13.3 Å². The molecular formula is C17H21BrN2O5. The summed E-state index contributed by atoms with van der Waals surface area (Å²) in [5.74, 6) is -0.320. The normalized spacial score (nSPS) is 17.0. The van der Waals surface area contributed by atoms with Gasteiger partial charge in [-0.05, 0) is 47.0 Å². The van der Waals surface area contributed by atoms with E-state index in [1.807, 2.05) is 6.92 Å². The highest BCUT2D eigenvalue weighted by molar-refractivity contribution is 9.10. The summed E-state index contributed by atoms with van der Waals surface area (Å²) in [7, 11) is 1.42. The maximum atomic E-state index is 12.5. The lowest BCUT2D eigenvalue weighted by Gasteiger charge is -2.28. The molecule has 8 heteroatoms. The number of unbranched alkanes of at least 4 members (excludes halogenated alkanes) is 1. The monoisotopic (exact) mass is 412 g/mol. The Morgan fingerprint density at radius 3 is 2.76 bits per heavy atom. The number of ether oxygens (including phenoxy) is 2. The number of hydrogen-bond acceptors (Lipinski definition) is 5. The van der Waals surface area contributed by atoms with Crippen molar-refractivity contribution in [2.45, 2.75) is 32.7 Å². The third kappa shape index (κ3) is 4.25. The summed E-state index contributed by atoms with van der Waals surface area (Å²) in [5.41, 5.74) is 1.33. The fraction of sp³-hybridized carbons (Fsp3) is 0.412. The second-order valence-electron chi connectivity index (χ2n) is 5.61. The number of urea groups is 1. The van der Waals surface area contributed by atoms with Crippen molar-refractivity contribution in [3.8, 4) is 11.5 Å². The van der Waals surface area contributed by atoms with Gasteiger partial charge in [0.2, 0.25) is 0 Å². The van der Waals surface area contributed by atoms with Crippen LogP contribution in [-0.4, -0.2) is 30.8 Å². The number of allylic oxidation sites excluding steroid dienone is 1. The van der Waals surface area contributed by atoms with Crippen LogP contribution in [0, 0.1) is 0 Å². The van der Waals surface area contributed by atoms with Gasteiger partial charge in [-0.25, -0.2) is 9.59 Å². The van der Waals surface area contributed by atoms with E-state index in [1.54, 1.807) is 19.1 Å². The highest BCUT2D eigenvalue weighted by atomic mass is 79.9. The molecule has 1 atom stereocenters. The number of rotatable bonds is 6. The number of benzene rings is 1. The molecule has 3 N–H and O–H groups in total. The van der Waals surface area contributed by atoms with Crippen molar-refractivity contribution in [2.75, 3.05) is 13.7 Å². The molecule has 0 radical (unpaired) electrons. The molecule has 2 amide bonds. The lowest BCUT2D eigenvalue weighted by atomic mass is 9.95. The SMILES string of the molecule is CCCCOC(=O)C1=C(C)NC(=O)NC1c1cc(Br)c(O)c(OC)c1. The summed E-state index contributed by atoms with van der Waals surface area (Å²) in [5, 5.41) is 15.3. The van der Waals surface area contributed by atoms with Gasteiger partial charge in [-0.2, -0.15) is 0 Å². The van der Waals surface area contributed by atoms with Gasteiger partial charge < -0.3 is 25.2 Å². The molecule has 1 aromatic rings. The highest BCUT2D eigenvalue weighted by Gasteiger charge is 2.33. The van der Waals surface area contributed by atoms with E-state index in [1.165, 1.54) is 7.11 Å². The Balaban J connectivity index is 2.42. The lowest BCUT2D eigenvalue weighted by Crippen LogP contribution is -2.45. The highest BCUT2D eigenvalue weighted by Crippen LogP contribution is 2.39. The first kappa shape index (κ1) is 19.1. The summed E-state index contributed by atoms with van der Waals surface area (Å²) >= 11 is 3.25. The number of carbonyl (C=O) groups is 2. The molecule has 0 aliphatic carbocycles. The molecule has 0 aromatic heterocycles. The molecule has 1 unspecified atom stereocenters. The quantitative estimate of drug-likeness (QED) is 0.492. The van der Waals surface area contributed by atoms with Crippen molar-refractivity contribution >= 4 is 27.9 Å². The molecule has 0 saturated carbocycles. The number of amides is 2. The van der Waals surface area contributed by atoms with Crippen molar-refractivity contribution in [1.82, 2.24) is 10.6 Å². The van der Waals surface area contributed by atoms with E-state index in [2.05, 4.69) is 26.6 Å². The van der Waals surface area contributed by atoms with E-state index in [-0.39, 0.29) is 11.5 Å². The predicted molar refractivity (Wildman–Crippen MR) is 95.3 cm³/mol. The van der Waals surface area contributed by atoms with Crippen molar-refractivity contribution in [1.29, 1.82) is 0 Å². The van der Waals surface area contributed by atoms with E-state index >= 15 is 0 Å². The Morgan fingerprint density at radius 1 is 1.40 bits per heavy atom. The fourth-order valence-corrected chi connectivity index (χ4v) is 2.98. The molecule has 1 heterocycles. The topological polar surface area (TPSA) is 96.9 Å². The van der Waals surface area contributed by atoms with E-state index in [0.717, 1.165) is 12.8 Å². The van der Waals surface area contributed by atoms with Gasteiger partial charge in [0.25, 0.3) is 0 Å². The minimum atomic E-state index is -0.714. The number of halogens is 1. The first-order valence-corrected chi connectivity index (χ1v) is 8.70. The van der Waals surface area contributed by atoms with E-state index in [9.17, 15) is 14.7 Å². The van der Waals surface area contributed by atoms with Gasteiger partial charge in [0.05, 0.1) is 29.8 Å². The Kier molecular flexibility index (Phi) is 6.30. The second-order valence-corrected chi connectivity index (χ2v) is 6.47. The van der Waals surface area contributed by atoms with Crippen LogP contribution in [0.1, 0.15) is 38.3 Å². The molecule has 0 spiro atoms. The Bertz CT molecular complexity index is 717. The maximum absolute atomic E-state index is 12.5. The van der Waals surface area contributed by atoms with Gasteiger partial charge in [-0.15, -0.1) is 0 Å². The molecule has 1 aromatic carbocycles. The molecular weight excluding hydrogens is 392 g/mol. The number of phenols is 1. The summed E-state index contributed by atoms with van der Waals surface area (Å²) in [4.78, 5) is 24.4. The van der Waals surface area contributed by atoms with E-state index in [4.69, 9.17) is 9.47 Å². The summed E-state index contributed by atoms with van der Waals surface area (Å²) in [6, 6.07) is 2.06. The van der Waals surface area contributed by atoms with Crippen LogP contribution in [0.3, 0.4) is 0 Å².